The van der Waals surface area contributed by atoms with Crippen molar-refractivity contribution in [2.24, 2.45) is 17.6 Å². The van der Waals surface area contributed by atoms with E-state index in [0.717, 1.165) is 24.0 Å². The minimum absolute atomic E-state index is 0.166. The van der Waals surface area contributed by atoms with Gasteiger partial charge in [-0.05, 0) is 81.7 Å². The van der Waals surface area contributed by atoms with Gasteiger partial charge in [-0.25, -0.2) is 0 Å². The van der Waals surface area contributed by atoms with Gasteiger partial charge in [0, 0.05) is 31.7 Å². The standard InChI is InChI=1S/C33H46ClN3O5/c1-21(35)29(20-42-33(2,3)4)32(41)37(6)25(17-22-11-14-24(34)15-12-22)19-36(5)31(40)28(18-30(38)39)27-16-13-23-9-7-8-10-26(23)27/h7-12,14-15,21,25,27-29H,13,16-20,35H2,1-6H3,(H,38,39)/t21-,25+,27-,28-,29+/m0/s1. The van der Waals surface area contributed by atoms with Crippen LogP contribution in [0.5, 0.6) is 0 Å². The third-order valence-corrected chi connectivity index (χ3v) is 8.42. The summed E-state index contributed by atoms with van der Waals surface area (Å²) in [5.41, 5.74) is 9.00. The van der Waals surface area contributed by atoms with E-state index in [1.54, 1.807) is 43.0 Å². The molecule has 0 aromatic heterocycles. The molecule has 0 radical (unpaired) electrons. The lowest BCUT2D eigenvalue weighted by molar-refractivity contribution is -0.146. The van der Waals surface area contributed by atoms with Crippen LogP contribution in [0.25, 0.3) is 0 Å². The zero-order chi connectivity index (χ0) is 31.2. The molecule has 0 spiro atoms. The summed E-state index contributed by atoms with van der Waals surface area (Å²) in [5, 5.41) is 10.4. The minimum atomic E-state index is -1.00. The maximum Gasteiger partial charge on any atom is 0.304 e. The molecule has 9 heteroatoms. The molecule has 1 aliphatic rings. The normalized spacial score (nSPS) is 17.6. The summed E-state index contributed by atoms with van der Waals surface area (Å²) < 4.78 is 5.95. The Labute approximate surface area is 255 Å². The fraction of sp³-hybridized carbons (Fsp3) is 0.545. The highest BCUT2D eigenvalue weighted by molar-refractivity contribution is 6.30. The van der Waals surface area contributed by atoms with Gasteiger partial charge in [0.1, 0.15) is 0 Å². The van der Waals surface area contributed by atoms with Crippen molar-refractivity contribution in [1.29, 1.82) is 0 Å². The van der Waals surface area contributed by atoms with Crippen LogP contribution in [0.3, 0.4) is 0 Å². The largest absolute Gasteiger partial charge is 0.481 e. The number of aryl methyl sites for hydroxylation is 1. The lowest BCUT2D eigenvalue weighted by Crippen LogP contribution is -2.52. The lowest BCUT2D eigenvalue weighted by Gasteiger charge is -2.37. The Balaban J connectivity index is 1.87. The number of nitrogens with zero attached hydrogens (tertiary/aromatic N) is 2. The van der Waals surface area contributed by atoms with Crippen molar-refractivity contribution >= 4 is 29.4 Å². The van der Waals surface area contributed by atoms with Crippen LogP contribution in [0.2, 0.25) is 5.02 Å². The molecular weight excluding hydrogens is 554 g/mol. The van der Waals surface area contributed by atoms with Crippen LogP contribution in [0.4, 0.5) is 0 Å². The SMILES string of the molecule is C[C@H](N)[C@@H](COC(C)(C)C)C(=O)N(C)[C@H](Cc1ccc(Cl)cc1)CN(C)C(=O)[C@@H](CC(=O)O)[C@H]1CCc2ccccc21. The molecule has 0 saturated carbocycles. The summed E-state index contributed by atoms with van der Waals surface area (Å²) in [6.45, 7) is 7.98. The Kier molecular flexibility index (Phi) is 11.6. The number of benzene rings is 2. The first-order valence-corrected chi connectivity index (χ1v) is 15.0. The van der Waals surface area contributed by atoms with Gasteiger partial charge in [-0.3, -0.25) is 14.4 Å². The number of ether oxygens (including phenoxy) is 1. The smallest absolute Gasteiger partial charge is 0.304 e. The molecule has 0 fully saturated rings. The monoisotopic (exact) mass is 599 g/mol. The molecule has 0 saturated heterocycles. The molecule has 0 unspecified atom stereocenters. The van der Waals surface area contributed by atoms with E-state index in [0.29, 0.717) is 11.4 Å². The summed E-state index contributed by atoms with van der Waals surface area (Å²) in [7, 11) is 3.42. The molecule has 2 aromatic carbocycles. The van der Waals surface area contributed by atoms with E-state index in [1.807, 2.05) is 57.2 Å². The first-order chi connectivity index (χ1) is 19.7. The predicted octanol–water partition coefficient (Wildman–Crippen LogP) is 4.77. The van der Waals surface area contributed by atoms with Crippen LogP contribution in [-0.2, 0) is 32.0 Å². The Morgan fingerprint density at radius 2 is 1.71 bits per heavy atom. The molecule has 5 atom stereocenters. The molecular formula is C33H46ClN3O5. The molecule has 230 valence electrons. The van der Waals surface area contributed by atoms with Gasteiger partial charge in [0.25, 0.3) is 0 Å². The number of hydrogen-bond donors (Lipinski definition) is 2. The van der Waals surface area contributed by atoms with Crippen LogP contribution in [0, 0.1) is 11.8 Å². The fourth-order valence-electron chi connectivity index (χ4n) is 5.73. The Morgan fingerprint density at radius 1 is 1.07 bits per heavy atom. The molecule has 2 aromatic rings. The Hall–Kier alpha value is -2.94. The summed E-state index contributed by atoms with van der Waals surface area (Å²) in [4.78, 5) is 42.9. The molecule has 42 heavy (non-hydrogen) atoms. The molecule has 2 amide bonds. The third kappa shape index (κ3) is 9.03. The zero-order valence-electron chi connectivity index (χ0n) is 25.7. The zero-order valence-corrected chi connectivity index (χ0v) is 26.4. The Bertz CT molecular complexity index is 1230. The molecule has 3 N–H and O–H groups in total. The molecule has 1 aliphatic carbocycles. The predicted molar refractivity (Wildman–Crippen MR) is 165 cm³/mol. The van der Waals surface area contributed by atoms with Crippen molar-refractivity contribution in [3.8, 4) is 0 Å². The van der Waals surface area contributed by atoms with Gasteiger partial charge in [0.05, 0.1) is 36.5 Å². The van der Waals surface area contributed by atoms with E-state index in [1.165, 1.54) is 5.56 Å². The van der Waals surface area contributed by atoms with E-state index in [9.17, 15) is 19.5 Å². The molecule has 3 rings (SSSR count). The van der Waals surface area contributed by atoms with Gasteiger partial charge >= 0.3 is 5.97 Å². The van der Waals surface area contributed by atoms with Crippen LogP contribution in [0.1, 0.15) is 63.1 Å². The number of hydrogen-bond acceptors (Lipinski definition) is 5. The van der Waals surface area contributed by atoms with Gasteiger partial charge in [0.2, 0.25) is 11.8 Å². The lowest BCUT2D eigenvalue weighted by atomic mass is 9.84. The number of carbonyl (C=O) groups excluding carboxylic acids is 2. The van der Waals surface area contributed by atoms with Crippen LogP contribution < -0.4 is 5.73 Å². The fourth-order valence-corrected chi connectivity index (χ4v) is 5.86. The number of fused-ring (bicyclic) bond motifs is 1. The Morgan fingerprint density at radius 3 is 2.31 bits per heavy atom. The van der Waals surface area contributed by atoms with Crippen LogP contribution in [-0.4, -0.2) is 77.6 Å². The van der Waals surface area contributed by atoms with Gasteiger partial charge in [0.15, 0.2) is 0 Å². The van der Waals surface area contributed by atoms with E-state index in [-0.39, 0.29) is 37.3 Å². The maximum atomic E-state index is 14.0. The average Bonchev–Trinajstić information content (AvgIpc) is 3.34. The summed E-state index contributed by atoms with van der Waals surface area (Å²) in [6, 6.07) is 14.5. The number of amides is 2. The van der Waals surface area contributed by atoms with Crippen molar-refractivity contribution in [2.45, 2.75) is 77.0 Å². The van der Waals surface area contributed by atoms with Gasteiger partial charge in [-0.2, -0.15) is 0 Å². The number of rotatable bonds is 13. The number of carboxylic acid groups (broad SMARTS) is 1. The second-order valence-electron chi connectivity index (χ2n) is 12.6. The number of halogens is 1. The van der Waals surface area contributed by atoms with E-state index in [2.05, 4.69) is 0 Å². The average molecular weight is 600 g/mol. The van der Waals surface area contributed by atoms with E-state index < -0.39 is 35.5 Å². The van der Waals surface area contributed by atoms with Gasteiger partial charge < -0.3 is 25.4 Å². The molecule has 0 bridgehead atoms. The number of likely N-dealkylation sites (N-methyl/N-ethyl adjacent to an activating group) is 2. The molecule has 8 nitrogen and oxygen atoms in total. The van der Waals surface area contributed by atoms with Crippen LogP contribution >= 0.6 is 11.6 Å². The highest BCUT2D eigenvalue weighted by Gasteiger charge is 2.38. The minimum Gasteiger partial charge on any atom is -0.481 e. The summed E-state index contributed by atoms with van der Waals surface area (Å²) in [6.07, 6.45) is 1.77. The van der Waals surface area contributed by atoms with E-state index >= 15 is 0 Å². The topological polar surface area (TPSA) is 113 Å². The number of carbonyl (C=O) groups is 3. The summed E-state index contributed by atoms with van der Waals surface area (Å²) >= 11 is 6.12. The number of aliphatic carboxylic acids is 1. The van der Waals surface area contributed by atoms with Crippen molar-refractivity contribution in [2.75, 3.05) is 27.2 Å². The first-order valence-electron chi connectivity index (χ1n) is 14.6. The highest BCUT2D eigenvalue weighted by atomic mass is 35.5. The highest BCUT2D eigenvalue weighted by Crippen LogP contribution is 2.40. The van der Waals surface area contributed by atoms with Gasteiger partial charge in [-0.1, -0.05) is 48.0 Å². The van der Waals surface area contributed by atoms with Gasteiger partial charge in [-0.15, -0.1) is 0 Å². The van der Waals surface area contributed by atoms with Crippen molar-refractivity contribution in [3.05, 3.63) is 70.2 Å². The van der Waals surface area contributed by atoms with Crippen LogP contribution in [0.15, 0.2) is 48.5 Å². The van der Waals surface area contributed by atoms with Crippen molar-refractivity contribution in [1.82, 2.24) is 9.80 Å². The maximum absolute atomic E-state index is 14.0. The second-order valence-corrected chi connectivity index (χ2v) is 13.0. The van der Waals surface area contributed by atoms with Crippen molar-refractivity contribution < 1.29 is 24.2 Å². The molecule has 0 aliphatic heterocycles. The summed E-state index contributed by atoms with van der Waals surface area (Å²) in [5.74, 6) is -2.85. The van der Waals surface area contributed by atoms with E-state index in [4.69, 9.17) is 22.1 Å². The quantitative estimate of drug-likeness (QED) is 0.343. The van der Waals surface area contributed by atoms with Crippen molar-refractivity contribution in [3.63, 3.8) is 0 Å². The molecule has 0 heterocycles. The third-order valence-electron chi connectivity index (χ3n) is 8.17. The first kappa shape index (κ1) is 33.6. The number of nitrogens with two attached hydrogens (primary N) is 1. The second kappa shape index (κ2) is 14.5. The number of carboxylic acids is 1.